The number of ether oxygens (including phenoxy) is 1. The molecule has 114 valence electrons. The van der Waals surface area contributed by atoms with Crippen LogP contribution in [0.15, 0.2) is 35.1 Å². The highest BCUT2D eigenvalue weighted by Gasteiger charge is 2.21. The van der Waals surface area contributed by atoms with Gasteiger partial charge in [0.05, 0.1) is 19.7 Å². The van der Waals surface area contributed by atoms with Crippen molar-refractivity contribution in [2.45, 2.75) is 12.6 Å². The van der Waals surface area contributed by atoms with Crippen molar-refractivity contribution in [3.8, 4) is 5.75 Å². The minimum atomic E-state index is 0.0640. The molecule has 0 amide bonds. The molecular weight excluding hydrogens is 332 g/mol. The second-order valence-electron chi connectivity index (χ2n) is 5.01. The van der Waals surface area contributed by atoms with Crippen LogP contribution in [0.25, 0.3) is 0 Å². The van der Waals surface area contributed by atoms with Crippen LogP contribution in [-0.4, -0.2) is 35.2 Å². The number of nitrogens with zero attached hydrogens (tertiary/aromatic N) is 3. The average molecular weight is 353 g/mol. The third-order valence-electron chi connectivity index (χ3n) is 3.62. The normalized spacial score (nSPS) is 12.7. The van der Waals surface area contributed by atoms with Crippen molar-refractivity contribution in [2.75, 3.05) is 20.7 Å². The first-order valence-electron chi connectivity index (χ1n) is 6.76. The van der Waals surface area contributed by atoms with Gasteiger partial charge >= 0.3 is 0 Å². The van der Waals surface area contributed by atoms with E-state index in [1.807, 2.05) is 37.0 Å². The molecule has 1 atom stereocenters. The standard InChI is InChI=1S/C15H21BrN4O/c1-19-7-6-18-15(19)10-20(2)13(9-17)12-8-11(16)4-5-14(12)21-3/h4-8,13H,9-10,17H2,1-3H3. The summed E-state index contributed by atoms with van der Waals surface area (Å²) < 4.78 is 8.50. The van der Waals surface area contributed by atoms with E-state index in [0.29, 0.717) is 6.54 Å². The van der Waals surface area contributed by atoms with E-state index in [1.54, 1.807) is 13.3 Å². The lowest BCUT2D eigenvalue weighted by Gasteiger charge is -2.28. The van der Waals surface area contributed by atoms with Gasteiger partial charge in [-0.05, 0) is 25.2 Å². The Hall–Kier alpha value is -1.37. The zero-order chi connectivity index (χ0) is 15.4. The Kier molecular flexibility index (Phi) is 5.39. The summed E-state index contributed by atoms with van der Waals surface area (Å²) in [5.74, 6) is 1.85. The number of methoxy groups -OCH3 is 1. The van der Waals surface area contributed by atoms with Crippen molar-refractivity contribution >= 4 is 15.9 Å². The van der Waals surface area contributed by atoms with Crippen molar-refractivity contribution in [3.63, 3.8) is 0 Å². The molecule has 0 radical (unpaired) electrons. The molecule has 2 N–H and O–H groups in total. The molecule has 0 fully saturated rings. The summed E-state index contributed by atoms with van der Waals surface area (Å²) in [7, 11) is 5.72. The maximum atomic E-state index is 6.01. The Morgan fingerprint density at radius 2 is 2.24 bits per heavy atom. The monoisotopic (exact) mass is 352 g/mol. The second-order valence-corrected chi connectivity index (χ2v) is 5.92. The topological polar surface area (TPSA) is 56.3 Å². The summed E-state index contributed by atoms with van der Waals surface area (Å²) in [4.78, 5) is 6.55. The smallest absolute Gasteiger partial charge is 0.123 e. The maximum absolute atomic E-state index is 6.01. The molecule has 2 rings (SSSR count). The molecule has 6 heteroatoms. The van der Waals surface area contributed by atoms with Gasteiger partial charge in [-0.2, -0.15) is 0 Å². The molecule has 1 heterocycles. The van der Waals surface area contributed by atoms with Gasteiger partial charge in [0.25, 0.3) is 0 Å². The van der Waals surface area contributed by atoms with E-state index in [0.717, 1.165) is 28.2 Å². The number of likely N-dealkylation sites (N-methyl/N-ethyl adjacent to an activating group) is 1. The number of nitrogens with two attached hydrogens (primary N) is 1. The number of rotatable bonds is 6. The molecule has 1 aromatic carbocycles. The van der Waals surface area contributed by atoms with Crippen LogP contribution in [0.2, 0.25) is 0 Å². The minimum absolute atomic E-state index is 0.0640. The Morgan fingerprint density at radius 1 is 1.48 bits per heavy atom. The zero-order valence-corrected chi connectivity index (χ0v) is 14.2. The van der Waals surface area contributed by atoms with E-state index < -0.39 is 0 Å². The fraction of sp³-hybridized carbons (Fsp3) is 0.400. The summed E-state index contributed by atoms with van der Waals surface area (Å²) in [6.07, 6.45) is 3.75. The average Bonchev–Trinajstić information content (AvgIpc) is 2.85. The van der Waals surface area contributed by atoms with Crippen molar-refractivity contribution in [1.82, 2.24) is 14.5 Å². The van der Waals surface area contributed by atoms with E-state index in [9.17, 15) is 0 Å². The molecule has 0 spiro atoms. The van der Waals surface area contributed by atoms with Crippen LogP contribution in [0, 0.1) is 0 Å². The number of benzene rings is 1. The summed E-state index contributed by atoms with van der Waals surface area (Å²) in [6, 6.07) is 6.05. The molecular formula is C15H21BrN4O. The number of aryl methyl sites for hydroxylation is 1. The van der Waals surface area contributed by atoms with Gasteiger partial charge in [0.1, 0.15) is 11.6 Å². The van der Waals surface area contributed by atoms with Crippen molar-refractivity contribution < 1.29 is 4.74 Å². The van der Waals surface area contributed by atoms with E-state index in [-0.39, 0.29) is 6.04 Å². The van der Waals surface area contributed by atoms with Gasteiger partial charge in [-0.3, -0.25) is 4.90 Å². The van der Waals surface area contributed by atoms with Crippen LogP contribution < -0.4 is 10.5 Å². The lowest BCUT2D eigenvalue weighted by Crippen LogP contribution is -2.31. The zero-order valence-electron chi connectivity index (χ0n) is 12.6. The largest absolute Gasteiger partial charge is 0.496 e. The summed E-state index contributed by atoms with van der Waals surface area (Å²) in [5, 5.41) is 0. The number of hydrogen-bond donors (Lipinski definition) is 1. The quantitative estimate of drug-likeness (QED) is 0.866. The fourth-order valence-corrected chi connectivity index (χ4v) is 2.77. The lowest BCUT2D eigenvalue weighted by molar-refractivity contribution is 0.228. The van der Waals surface area contributed by atoms with Crippen LogP contribution in [0.1, 0.15) is 17.4 Å². The minimum Gasteiger partial charge on any atom is -0.496 e. The first-order chi connectivity index (χ1) is 10.1. The first-order valence-corrected chi connectivity index (χ1v) is 7.56. The number of hydrogen-bond acceptors (Lipinski definition) is 4. The molecule has 21 heavy (non-hydrogen) atoms. The Bertz CT molecular complexity index is 599. The Morgan fingerprint density at radius 3 is 2.81 bits per heavy atom. The third-order valence-corrected chi connectivity index (χ3v) is 4.11. The molecule has 2 aromatic rings. The van der Waals surface area contributed by atoms with E-state index in [2.05, 4.69) is 31.9 Å². The van der Waals surface area contributed by atoms with Gasteiger partial charge in [-0.1, -0.05) is 15.9 Å². The molecule has 0 aliphatic heterocycles. The highest BCUT2D eigenvalue weighted by molar-refractivity contribution is 9.10. The van der Waals surface area contributed by atoms with Crippen LogP contribution >= 0.6 is 15.9 Å². The predicted octanol–water partition coefficient (Wildman–Crippen LogP) is 2.32. The van der Waals surface area contributed by atoms with Crippen molar-refractivity contribution in [3.05, 3.63) is 46.5 Å². The van der Waals surface area contributed by atoms with Gasteiger partial charge in [-0.25, -0.2) is 4.98 Å². The van der Waals surface area contributed by atoms with Gasteiger partial charge in [-0.15, -0.1) is 0 Å². The number of halogens is 1. The van der Waals surface area contributed by atoms with E-state index in [1.165, 1.54) is 0 Å². The van der Waals surface area contributed by atoms with Gasteiger partial charge in [0, 0.05) is 36.0 Å². The number of aromatic nitrogens is 2. The first kappa shape index (κ1) is 16.0. The van der Waals surface area contributed by atoms with E-state index in [4.69, 9.17) is 10.5 Å². The van der Waals surface area contributed by atoms with Crippen LogP contribution in [-0.2, 0) is 13.6 Å². The number of imidazole rings is 1. The highest BCUT2D eigenvalue weighted by Crippen LogP contribution is 2.31. The van der Waals surface area contributed by atoms with Gasteiger partial charge in [0.2, 0.25) is 0 Å². The Labute approximate surface area is 133 Å². The molecule has 1 unspecified atom stereocenters. The fourth-order valence-electron chi connectivity index (χ4n) is 2.39. The lowest BCUT2D eigenvalue weighted by atomic mass is 10.0. The molecule has 0 aliphatic rings. The molecule has 5 nitrogen and oxygen atoms in total. The van der Waals surface area contributed by atoms with Crippen LogP contribution in [0.3, 0.4) is 0 Å². The third kappa shape index (κ3) is 3.64. The summed E-state index contributed by atoms with van der Waals surface area (Å²) >= 11 is 3.51. The molecule has 0 saturated heterocycles. The Balaban J connectivity index is 2.26. The molecule has 0 aliphatic carbocycles. The van der Waals surface area contributed by atoms with Crippen LogP contribution in [0.5, 0.6) is 5.75 Å². The van der Waals surface area contributed by atoms with Crippen LogP contribution in [0.4, 0.5) is 0 Å². The van der Waals surface area contributed by atoms with Crippen molar-refractivity contribution in [1.29, 1.82) is 0 Å². The highest BCUT2D eigenvalue weighted by atomic mass is 79.9. The second kappa shape index (κ2) is 7.06. The van der Waals surface area contributed by atoms with E-state index >= 15 is 0 Å². The summed E-state index contributed by atoms with van der Waals surface area (Å²) in [5.41, 5.74) is 7.08. The molecule has 1 aromatic heterocycles. The van der Waals surface area contributed by atoms with Crippen molar-refractivity contribution in [2.24, 2.45) is 12.8 Å². The SMILES string of the molecule is COc1ccc(Br)cc1C(CN)N(C)Cc1nccn1C. The molecule has 0 saturated carbocycles. The van der Waals surface area contributed by atoms with Gasteiger partial charge in [0.15, 0.2) is 0 Å². The molecule has 0 bridgehead atoms. The maximum Gasteiger partial charge on any atom is 0.123 e. The van der Waals surface area contributed by atoms with Gasteiger partial charge < -0.3 is 15.0 Å². The predicted molar refractivity (Wildman–Crippen MR) is 87.2 cm³/mol. The summed E-state index contributed by atoms with van der Waals surface area (Å²) in [6.45, 7) is 1.23.